The van der Waals surface area contributed by atoms with Crippen molar-refractivity contribution in [1.82, 2.24) is 5.32 Å². The molecule has 1 amide bonds. The minimum Gasteiger partial charge on any atom is -0.481 e. The average Bonchev–Trinajstić information content (AvgIpc) is 2.78. The summed E-state index contributed by atoms with van der Waals surface area (Å²) in [6.45, 7) is 2.08. The molecule has 0 aromatic heterocycles. The Labute approximate surface area is 195 Å². The van der Waals surface area contributed by atoms with Crippen LogP contribution >= 0.6 is 0 Å². The van der Waals surface area contributed by atoms with Crippen LogP contribution in [0.4, 0.5) is 13.2 Å². The molecule has 34 heavy (non-hydrogen) atoms. The number of carboxylic acid groups (broad SMARTS) is 1. The fraction of sp³-hybridized carbons (Fsp3) is 0.231. The van der Waals surface area contributed by atoms with Gasteiger partial charge in [-0.05, 0) is 71.8 Å². The van der Waals surface area contributed by atoms with Crippen LogP contribution < -0.4 is 10.1 Å². The van der Waals surface area contributed by atoms with E-state index in [9.17, 15) is 22.8 Å². The lowest BCUT2D eigenvalue weighted by Gasteiger charge is -2.12. The van der Waals surface area contributed by atoms with Gasteiger partial charge < -0.3 is 15.2 Å². The molecule has 0 aliphatic carbocycles. The molecule has 0 unspecified atom stereocenters. The van der Waals surface area contributed by atoms with Gasteiger partial charge in [0.25, 0.3) is 5.91 Å². The summed E-state index contributed by atoms with van der Waals surface area (Å²) in [4.78, 5) is 22.6. The number of amides is 1. The molecule has 3 rings (SSSR count). The number of ether oxygens (including phenoxy) is 1. The van der Waals surface area contributed by atoms with Gasteiger partial charge in [0.1, 0.15) is 5.75 Å². The van der Waals surface area contributed by atoms with Crippen LogP contribution in [0, 0.1) is 6.92 Å². The first-order chi connectivity index (χ1) is 16.1. The summed E-state index contributed by atoms with van der Waals surface area (Å²) < 4.78 is 41.0. The average molecular weight is 471 g/mol. The third-order valence-electron chi connectivity index (χ3n) is 5.29. The smallest absolute Gasteiger partial charge is 0.481 e. The highest BCUT2D eigenvalue weighted by atomic mass is 19.4. The second-order valence-corrected chi connectivity index (χ2v) is 7.81. The lowest BCUT2D eigenvalue weighted by molar-refractivity contribution is -0.274. The van der Waals surface area contributed by atoms with Gasteiger partial charge in [0, 0.05) is 12.1 Å². The van der Waals surface area contributed by atoms with Crippen molar-refractivity contribution in [1.29, 1.82) is 0 Å². The molecule has 0 saturated heterocycles. The molecular formula is C26H24F3NO4. The number of hydrogen-bond acceptors (Lipinski definition) is 3. The molecule has 178 valence electrons. The van der Waals surface area contributed by atoms with Crippen LogP contribution in [-0.4, -0.2) is 29.9 Å². The molecule has 0 bridgehead atoms. The van der Waals surface area contributed by atoms with E-state index in [1.54, 1.807) is 24.3 Å². The predicted octanol–water partition coefficient (Wildman–Crippen LogP) is 5.55. The molecule has 0 aliphatic rings. The summed E-state index contributed by atoms with van der Waals surface area (Å²) in [6.07, 6.45) is -3.36. The maximum atomic E-state index is 12.4. The summed E-state index contributed by atoms with van der Waals surface area (Å²) in [5, 5.41) is 11.2. The van der Waals surface area contributed by atoms with Crippen LogP contribution in [0.15, 0.2) is 66.7 Å². The second-order valence-electron chi connectivity index (χ2n) is 7.81. The number of halogens is 3. The minimum atomic E-state index is -4.72. The number of benzene rings is 3. The SMILES string of the molecule is Cc1ccc(-c2ccc(OC(F)(F)F)cc2)cc1CCc1ccc(C(=O)NCCC(=O)O)cc1. The van der Waals surface area contributed by atoms with Gasteiger partial charge in [0.15, 0.2) is 0 Å². The molecule has 2 N–H and O–H groups in total. The molecule has 0 aliphatic heterocycles. The first-order valence-electron chi connectivity index (χ1n) is 10.7. The Morgan fingerprint density at radius 2 is 1.56 bits per heavy atom. The molecule has 3 aromatic rings. The predicted molar refractivity (Wildman–Crippen MR) is 122 cm³/mol. The largest absolute Gasteiger partial charge is 0.573 e. The topological polar surface area (TPSA) is 75.6 Å². The van der Waals surface area contributed by atoms with E-state index in [2.05, 4.69) is 10.1 Å². The maximum absolute atomic E-state index is 12.4. The lowest BCUT2D eigenvalue weighted by Crippen LogP contribution is -2.25. The van der Waals surface area contributed by atoms with Crippen molar-refractivity contribution < 1.29 is 32.6 Å². The first-order valence-corrected chi connectivity index (χ1v) is 10.7. The number of carbonyl (C=O) groups excluding carboxylic acids is 1. The van der Waals surface area contributed by atoms with E-state index in [-0.39, 0.29) is 24.6 Å². The van der Waals surface area contributed by atoms with Crippen molar-refractivity contribution in [3.8, 4) is 16.9 Å². The van der Waals surface area contributed by atoms with Gasteiger partial charge >= 0.3 is 12.3 Å². The van der Waals surface area contributed by atoms with Crippen LogP contribution in [-0.2, 0) is 17.6 Å². The highest BCUT2D eigenvalue weighted by molar-refractivity contribution is 5.94. The first kappa shape index (κ1) is 24.8. The van der Waals surface area contributed by atoms with Gasteiger partial charge in [0.2, 0.25) is 0 Å². The Bertz CT molecular complexity index is 1140. The monoisotopic (exact) mass is 471 g/mol. The fourth-order valence-corrected chi connectivity index (χ4v) is 3.46. The Balaban J connectivity index is 1.62. The molecule has 0 heterocycles. The van der Waals surface area contributed by atoms with E-state index >= 15 is 0 Å². The molecule has 0 radical (unpaired) electrons. The van der Waals surface area contributed by atoms with E-state index in [0.717, 1.165) is 40.7 Å². The van der Waals surface area contributed by atoms with Crippen molar-refractivity contribution in [3.05, 3.63) is 89.0 Å². The summed E-state index contributed by atoms with van der Waals surface area (Å²) in [5.74, 6) is -1.55. The second kappa shape index (κ2) is 10.9. The summed E-state index contributed by atoms with van der Waals surface area (Å²) in [6, 6.07) is 18.9. The fourth-order valence-electron chi connectivity index (χ4n) is 3.46. The van der Waals surface area contributed by atoms with Crippen molar-refractivity contribution in [2.24, 2.45) is 0 Å². The number of aryl methyl sites for hydroxylation is 3. The van der Waals surface area contributed by atoms with E-state index in [4.69, 9.17) is 5.11 Å². The van der Waals surface area contributed by atoms with Crippen molar-refractivity contribution in [2.75, 3.05) is 6.54 Å². The Morgan fingerprint density at radius 3 is 2.18 bits per heavy atom. The normalized spacial score (nSPS) is 11.2. The van der Waals surface area contributed by atoms with Crippen molar-refractivity contribution >= 4 is 11.9 Å². The number of carboxylic acids is 1. The number of rotatable bonds is 9. The number of hydrogen-bond donors (Lipinski definition) is 2. The van der Waals surface area contributed by atoms with E-state index < -0.39 is 12.3 Å². The van der Waals surface area contributed by atoms with E-state index in [0.29, 0.717) is 5.56 Å². The molecule has 0 saturated carbocycles. The summed E-state index contributed by atoms with van der Waals surface area (Å²) >= 11 is 0. The van der Waals surface area contributed by atoms with Crippen LogP contribution in [0.1, 0.15) is 33.5 Å². The summed E-state index contributed by atoms with van der Waals surface area (Å²) in [5.41, 5.74) is 5.41. The summed E-state index contributed by atoms with van der Waals surface area (Å²) in [7, 11) is 0. The van der Waals surface area contributed by atoms with Gasteiger partial charge in [-0.15, -0.1) is 13.2 Å². The number of nitrogens with one attached hydrogen (secondary N) is 1. The van der Waals surface area contributed by atoms with Gasteiger partial charge in [0.05, 0.1) is 6.42 Å². The molecular weight excluding hydrogens is 447 g/mol. The standard InChI is InChI=1S/C26H24F3NO4/c1-17-2-6-22(19-10-12-23(13-11-19)34-26(27,28)29)16-21(17)9-5-18-3-7-20(8-4-18)25(33)30-15-14-24(31)32/h2-4,6-8,10-13,16H,5,9,14-15H2,1H3,(H,30,33)(H,31,32). The van der Waals surface area contributed by atoms with Gasteiger partial charge in [-0.3, -0.25) is 9.59 Å². The number of alkyl halides is 3. The zero-order valence-corrected chi connectivity index (χ0v) is 18.5. The van der Waals surface area contributed by atoms with Crippen molar-refractivity contribution in [3.63, 3.8) is 0 Å². The molecule has 5 nitrogen and oxygen atoms in total. The molecule has 0 fully saturated rings. The Morgan fingerprint density at radius 1 is 0.912 bits per heavy atom. The highest BCUT2D eigenvalue weighted by Crippen LogP contribution is 2.28. The van der Waals surface area contributed by atoms with Gasteiger partial charge in [-0.1, -0.05) is 42.5 Å². The third-order valence-corrected chi connectivity index (χ3v) is 5.29. The van der Waals surface area contributed by atoms with Crippen LogP contribution in [0.3, 0.4) is 0 Å². The quantitative estimate of drug-likeness (QED) is 0.429. The maximum Gasteiger partial charge on any atom is 0.573 e. The molecule has 3 aromatic carbocycles. The van der Waals surface area contributed by atoms with Gasteiger partial charge in [-0.25, -0.2) is 0 Å². The lowest BCUT2D eigenvalue weighted by atomic mass is 9.95. The Hall–Kier alpha value is -3.81. The van der Waals surface area contributed by atoms with E-state index in [1.165, 1.54) is 12.1 Å². The zero-order chi connectivity index (χ0) is 24.7. The van der Waals surface area contributed by atoms with E-state index in [1.807, 2.05) is 37.3 Å². The molecule has 0 atom stereocenters. The third kappa shape index (κ3) is 7.37. The minimum absolute atomic E-state index is 0.0730. The van der Waals surface area contributed by atoms with Crippen LogP contribution in [0.25, 0.3) is 11.1 Å². The van der Waals surface area contributed by atoms with Crippen molar-refractivity contribution in [2.45, 2.75) is 32.5 Å². The highest BCUT2D eigenvalue weighted by Gasteiger charge is 2.30. The number of carbonyl (C=O) groups is 2. The molecule has 0 spiro atoms. The number of aliphatic carboxylic acids is 1. The molecule has 8 heteroatoms. The van der Waals surface area contributed by atoms with Gasteiger partial charge in [-0.2, -0.15) is 0 Å². The van der Waals surface area contributed by atoms with Crippen LogP contribution in [0.5, 0.6) is 5.75 Å². The van der Waals surface area contributed by atoms with Crippen LogP contribution in [0.2, 0.25) is 0 Å². The Kier molecular flexibility index (Phi) is 7.94. The zero-order valence-electron chi connectivity index (χ0n) is 18.5.